The fourth-order valence-corrected chi connectivity index (χ4v) is 12.5. The Morgan fingerprint density at radius 1 is 0.324 bits per heavy atom. The fraction of sp³-hybridized carbons (Fsp3) is 0.139. The molecule has 2 heteroatoms. The normalized spacial score (nSPS) is 16.1. The summed E-state index contributed by atoms with van der Waals surface area (Å²) in [4.78, 5) is 5.09. The van der Waals surface area contributed by atoms with E-state index in [1.54, 1.807) is 0 Å². The van der Waals surface area contributed by atoms with Crippen molar-refractivity contribution >= 4 is 22.7 Å². The van der Waals surface area contributed by atoms with Crippen LogP contribution in [0.25, 0.3) is 22.3 Å². The number of rotatable bonds is 10. The third-order valence-electron chi connectivity index (χ3n) is 15.3. The van der Waals surface area contributed by atoms with E-state index in [0.717, 1.165) is 42.7 Å². The summed E-state index contributed by atoms with van der Waals surface area (Å²) < 4.78 is 0. The molecule has 0 spiro atoms. The van der Waals surface area contributed by atoms with Crippen molar-refractivity contribution in [2.24, 2.45) is 0 Å². The number of allylic oxidation sites excluding steroid dienone is 8. The summed E-state index contributed by atoms with van der Waals surface area (Å²) in [5, 5.41) is 0. The van der Waals surface area contributed by atoms with Crippen molar-refractivity contribution in [3.05, 3.63) is 323 Å². The third-order valence-corrected chi connectivity index (χ3v) is 15.3. The molecule has 2 nitrogen and oxygen atoms in total. The van der Waals surface area contributed by atoms with E-state index in [1.165, 1.54) is 83.8 Å². The first-order valence-corrected chi connectivity index (χ1v) is 26.9. The van der Waals surface area contributed by atoms with Crippen LogP contribution in [0.2, 0.25) is 0 Å². The van der Waals surface area contributed by atoms with Gasteiger partial charge in [-0.15, -0.1) is 0 Å². The van der Waals surface area contributed by atoms with Gasteiger partial charge < -0.3 is 9.80 Å². The Labute approximate surface area is 439 Å². The van der Waals surface area contributed by atoms with Gasteiger partial charge in [0, 0.05) is 34.0 Å². The largest absolute Gasteiger partial charge is 0.317 e. The molecule has 0 heterocycles. The smallest absolute Gasteiger partial charge is 0.0715 e. The van der Waals surface area contributed by atoms with Gasteiger partial charge in [-0.2, -0.15) is 0 Å². The number of para-hydroxylation sites is 2. The molecule has 0 aromatic heterocycles. The van der Waals surface area contributed by atoms with Crippen molar-refractivity contribution in [2.75, 3.05) is 9.80 Å². The standard InChI is InChI=1S/C68H52N2.2C2H6/c1-7-26-49(27-8-1)67(61-43-22-19-40-58(61)59-41-20-23-44-62(59)67)51-30-25-31-52(46-51)68(50-28-9-2-10-29-50)63-45-24-21-42-60(63)66-64(68)47-57(69(53-32-11-3-12-33-53)54-34-13-4-14-35-54)48-65(66)70(55-36-15-5-16-37-55)56-38-17-6-18-39-56;2*1-2/h1-15,17,19-36,38,40-48H,16,18,37,39H2;2*1-2H3. The summed E-state index contributed by atoms with van der Waals surface area (Å²) >= 11 is 0. The first-order chi connectivity index (χ1) is 36.8. The Bertz CT molecular complexity index is 3430. The van der Waals surface area contributed by atoms with Crippen molar-refractivity contribution in [1.82, 2.24) is 0 Å². The minimum absolute atomic E-state index is 0.563. The molecule has 0 saturated carbocycles. The van der Waals surface area contributed by atoms with Crippen molar-refractivity contribution in [1.29, 1.82) is 0 Å². The summed E-state index contributed by atoms with van der Waals surface area (Å²) in [5.74, 6) is 0. The van der Waals surface area contributed by atoms with E-state index in [2.05, 4.69) is 277 Å². The highest BCUT2D eigenvalue weighted by atomic mass is 15.2. The first-order valence-electron chi connectivity index (χ1n) is 26.9. The number of fused-ring (bicyclic) bond motifs is 6. The second kappa shape index (κ2) is 20.9. The van der Waals surface area contributed by atoms with Crippen LogP contribution in [0.15, 0.2) is 278 Å². The second-order valence-electron chi connectivity index (χ2n) is 18.9. The predicted molar refractivity (Wildman–Crippen MR) is 314 cm³/mol. The van der Waals surface area contributed by atoms with E-state index >= 15 is 0 Å². The molecule has 9 aromatic carbocycles. The minimum Gasteiger partial charge on any atom is -0.317 e. The molecule has 362 valence electrons. The Hall–Kier alpha value is -8.46. The summed E-state index contributed by atoms with van der Waals surface area (Å²) in [6, 6.07) is 86.5. The van der Waals surface area contributed by atoms with E-state index in [-0.39, 0.29) is 0 Å². The van der Waals surface area contributed by atoms with E-state index in [4.69, 9.17) is 0 Å². The summed E-state index contributed by atoms with van der Waals surface area (Å²) in [6.07, 6.45) is 17.7. The maximum atomic E-state index is 2.63. The minimum atomic E-state index is -0.726. The van der Waals surface area contributed by atoms with Crippen LogP contribution >= 0.6 is 0 Å². The van der Waals surface area contributed by atoms with Crippen molar-refractivity contribution in [3.8, 4) is 22.3 Å². The summed E-state index contributed by atoms with van der Waals surface area (Å²) in [7, 11) is 0. The Morgan fingerprint density at radius 2 is 0.716 bits per heavy atom. The molecule has 74 heavy (non-hydrogen) atoms. The van der Waals surface area contributed by atoms with Gasteiger partial charge in [-0.05, 0) is 135 Å². The van der Waals surface area contributed by atoms with Crippen LogP contribution in [0.5, 0.6) is 0 Å². The second-order valence-corrected chi connectivity index (χ2v) is 18.9. The van der Waals surface area contributed by atoms with Crippen LogP contribution < -0.4 is 9.80 Å². The van der Waals surface area contributed by atoms with E-state index in [0.29, 0.717) is 0 Å². The van der Waals surface area contributed by atoms with Crippen molar-refractivity contribution < 1.29 is 0 Å². The molecule has 1 unspecified atom stereocenters. The molecule has 1 atom stereocenters. The van der Waals surface area contributed by atoms with E-state index in [9.17, 15) is 0 Å². The molecule has 13 rings (SSSR count). The zero-order valence-electron chi connectivity index (χ0n) is 43.1. The highest BCUT2D eigenvalue weighted by Crippen LogP contribution is 2.62. The lowest BCUT2D eigenvalue weighted by atomic mass is 9.64. The van der Waals surface area contributed by atoms with Gasteiger partial charge in [-0.3, -0.25) is 0 Å². The maximum absolute atomic E-state index is 2.63. The van der Waals surface area contributed by atoms with Crippen LogP contribution in [0.3, 0.4) is 0 Å². The fourth-order valence-electron chi connectivity index (χ4n) is 12.5. The van der Waals surface area contributed by atoms with Crippen LogP contribution in [0, 0.1) is 0 Å². The predicted octanol–water partition coefficient (Wildman–Crippen LogP) is 19.2. The average Bonchev–Trinajstić information content (AvgIpc) is 3.97. The van der Waals surface area contributed by atoms with Gasteiger partial charge in [0.1, 0.15) is 0 Å². The molecule has 0 radical (unpaired) electrons. The molecular formula is C72H64N2. The third kappa shape index (κ3) is 7.80. The van der Waals surface area contributed by atoms with Crippen LogP contribution in [-0.2, 0) is 10.8 Å². The lowest BCUT2D eigenvalue weighted by Crippen LogP contribution is -2.32. The number of nitrogens with zero attached hydrogens (tertiary/aromatic N) is 2. The van der Waals surface area contributed by atoms with Crippen LogP contribution in [-0.4, -0.2) is 0 Å². The molecule has 0 fully saturated rings. The summed E-state index contributed by atoms with van der Waals surface area (Å²) in [5.41, 5.74) is 21.1. The maximum Gasteiger partial charge on any atom is 0.0715 e. The Morgan fingerprint density at radius 3 is 1.18 bits per heavy atom. The molecule has 0 bridgehead atoms. The number of hydrogen-bond acceptors (Lipinski definition) is 2. The lowest BCUT2D eigenvalue weighted by molar-refractivity contribution is 0.739. The summed E-state index contributed by atoms with van der Waals surface area (Å²) in [6.45, 7) is 8.00. The Kier molecular flexibility index (Phi) is 13.5. The molecule has 0 saturated heterocycles. The number of hydrogen-bond donors (Lipinski definition) is 0. The first kappa shape index (κ1) is 47.8. The Balaban J connectivity index is 0.00000144. The highest BCUT2D eigenvalue weighted by molar-refractivity contribution is 5.98. The molecule has 0 N–H and O–H groups in total. The SMILES string of the molecule is C1=CCCC(N(C2=CC=CCC2)c2cc(N(c3ccccc3)c3ccccc3)cc3c2-c2ccccc2C3(c2ccccc2)c2cccc(C3(c4ccccc4)c4ccccc4-c4ccccc43)c2)=C1.CC.CC. The lowest BCUT2D eigenvalue weighted by Gasteiger charge is -2.39. The molecule has 4 aliphatic carbocycles. The molecular weight excluding hydrogens is 893 g/mol. The van der Waals surface area contributed by atoms with Gasteiger partial charge >= 0.3 is 0 Å². The number of benzene rings is 9. The van der Waals surface area contributed by atoms with Gasteiger partial charge in [-0.1, -0.05) is 246 Å². The number of anilines is 4. The monoisotopic (exact) mass is 957 g/mol. The van der Waals surface area contributed by atoms with Gasteiger partial charge in [0.25, 0.3) is 0 Å². The van der Waals surface area contributed by atoms with E-state index < -0.39 is 10.8 Å². The highest BCUT2D eigenvalue weighted by Gasteiger charge is 2.51. The van der Waals surface area contributed by atoms with Crippen LogP contribution in [0.1, 0.15) is 97.9 Å². The van der Waals surface area contributed by atoms with Gasteiger partial charge in [0.2, 0.25) is 0 Å². The molecule has 0 amide bonds. The quantitative estimate of drug-likeness (QED) is 0.135. The zero-order chi connectivity index (χ0) is 50.5. The zero-order valence-corrected chi connectivity index (χ0v) is 43.1. The van der Waals surface area contributed by atoms with Crippen molar-refractivity contribution in [3.63, 3.8) is 0 Å². The topological polar surface area (TPSA) is 6.48 Å². The van der Waals surface area contributed by atoms with Gasteiger partial charge in [0.15, 0.2) is 0 Å². The van der Waals surface area contributed by atoms with Gasteiger partial charge in [0.05, 0.1) is 16.5 Å². The van der Waals surface area contributed by atoms with E-state index in [1.807, 2.05) is 27.7 Å². The van der Waals surface area contributed by atoms with Gasteiger partial charge in [-0.25, -0.2) is 0 Å². The molecule has 0 aliphatic heterocycles. The van der Waals surface area contributed by atoms with Crippen molar-refractivity contribution in [2.45, 2.75) is 64.2 Å². The van der Waals surface area contributed by atoms with Crippen LogP contribution in [0.4, 0.5) is 22.7 Å². The molecule has 9 aromatic rings. The average molecular weight is 957 g/mol. The molecule has 4 aliphatic rings.